The smallest absolute Gasteiger partial charge is 0.315 e. The number of rotatable bonds is 7. The van der Waals surface area contributed by atoms with E-state index in [9.17, 15) is 14.0 Å². The number of amides is 3. The number of allylic oxidation sites excluding steroid dienone is 3. The Morgan fingerprint density at radius 2 is 1.60 bits per heavy atom. The zero-order chi connectivity index (χ0) is 24.6. The highest BCUT2D eigenvalue weighted by Crippen LogP contribution is 2.35. The van der Waals surface area contributed by atoms with E-state index in [1.807, 2.05) is 60.4 Å². The Bertz CT molecular complexity index is 1050. The van der Waals surface area contributed by atoms with E-state index in [1.54, 1.807) is 6.08 Å². The standard InChI is InChI=1S/C28H33FN4O2/c1-2-30-28(35)31-25(21-9-5-3-6-10-21)26(22-11-7-4-8-12-22)32-17-19-33(20-18-32)27(34)23-13-15-24(29)16-14-23/h3-13,15-16,23,25-26H,2,14,17-20H2,1H3,(H2,30,31,35)/t23-,25?,26-/m0/s1. The van der Waals surface area contributed by atoms with Crippen LogP contribution in [0.5, 0.6) is 0 Å². The van der Waals surface area contributed by atoms with E-state index in [2.05, 4.69) is 27.7 Å². The predicted molar refractivity (Wildman–Crippen MR) is 135 cm³/mol. The molecule has 6 nitrogen and oxygen atoms in total. The minimum atomic E-state index is -0.303. The molecule has 1 unspecified atom stereocenters. The van der Waals surface area contributed by atoms with Crippen LogP contribution in [0.15, 0.2) is 84.7 Å². The van der Waals surface area contributed by atoms with Crippen LogP contribution in [0.3, 0.4) is 0 Å². The van der Waals surface area contributed by atoms with Crippen molar-refractivity contribution in [2.75, 3.05) is 32.7 Å². The molecule has 1 aliphatic carbocycles. The molecule has 2 aromatic carbocycles. The van der Waals surface area contributed by atoms with Crippen LogP contribution in [0.25, 0.3) is 0 Å². The third-order valence-corrected chi connectivity index (χ3v) is 6.63. The average molecular weight is 477 g/mol. The number of piperazine rings is 1. The summed E-state index contributed by atoms with van der Waals surface area (Å²) in [6.07, 6.45) is 4.92. The van der Waals surface area contributed by atoms with E-state index >= 15 is 0 Å². The summed E-state index contributed by atoms with van der Waals surface area (Å²) in [5.41, 5.74) is 2.13. The van der Waals surface area contributed by atoms with E-state index in [1.165, 1.54) is 12.2 Å². The molecule has 2 aliphatic rings. The molecule has 0 aromatic heterocycles. The number of hydrogen-bond acceptors (Lipinski definition) is 3. The van der Waals surface area contributed by atoms with Crippen molar-refractivity contribution < 1.29 is 14.0 Å². The van der Waals surface area contributed by atoms with Gasteiger partial charge in [0.15, 0.2) is 0 Å². The maximum atomic E-state index is 13.3. The lowest BCUT2D eigenvalue weighted by Gasteiger charge is -2.43. The fraction of sp³-hybridized carbons (Fsp3) is 0.357. The van der Waals surface area contributed by atoms with Gasteiger partial charge in [-0.15, -0.1) is 0 Å². The van der Waals surface area contributed by atoms with Crippen molar-refractivity contribution in [2.45, 2.75) is 25.4 Å². The molecule has 0 saturated carbocycles. The predicted octanol–water partition coefficient (Wildman–Crippen LogP) is 4.36. The monoisotopic (exact) mass is 476 g/mol. The molecule has 2 aromatic rings. The van der Waals surface area contributed by atoms with Crippen molar-refractivity contribution in [3.63, 3.8) is 0 Å². The largest absolute Gasteiger partial charge is 0.340 e. The summed E-state index contributed by atoms with van der Waals surface area (Å²) in [5, 5.41) is 6.05. The van der Waals surface area contributed by atoms with Gasteiger partial charge in [-0.3, -0.25) is 9.69 Å². The fourth-order valence-corrected chi connectivity index (χ4v) is 4.85. The second-order valence-corrected chi connectivity index (χ2v) is 8.90. The van der Waals surface area contributed by atoms with Gasteiger partial charge in [-0.05, 0) is 36.6 Å². The number of hydrogen-bond donors (Lipinski definition) is 2. The first-order chi connectivity index (χ1) is 17.1. The van der Waals surface area contributed by atoms with Gasteiger partial charge in [0.2, 0.25) is 5.91 Å². The third kappa shape index (κ3) is 6.17. The van der Waals surface area contributed by atoms with Gasteiger partial charge in [0, 0.05) is 32.7 Å². The van der Waals surface area contributed by atoms with Crippen LogP contribution < -0.4 is 10.6 Å². The molecule has 1 saturated heterocycles. The Labute approximate surface area is 206 Å². The Morgan fingerprint density at radius 1 is 0.971 bits per heavy atom. The summed E-state index contributed by atoms with van der Waals surface area (Å²) in [4.78, 5) is 29.9. The second kappa shape index (κ2) is 11.8. The van der Waals surface area contributed by atoms with Crippen LogP contribution in [-0.2, 0) is 4.79 Å². The first-order valence-corrected chi connectivity index (χ1v) is 12.3. The molecule has 2 N–H and O–H groups in total. The average Bonchev–Trinajstić information content (AvgIpc) is 2.90. The van der Waals surface area contributed by atoms with Crippen LogP contribution in [-0.4, -0.2) is 54.5 Å². The minimum Gasteiger partial charge on any atom is -0.340 e. The number of carbonyl (C=O) groups excluding carboxylic acids is 2. The Kier molecular flexibility index (Phi) is 8.32. The van der Waals surface area contributed by atoms with Gasteiger partial charge in [0.05, 0.1) is 18.0 Å². The Hall–Kier alpha value is -3.45. The Balaban J connectivity index is 1.55. The van der Waals surface area contributed by atoms with Crippen molar-refractivity contribution in [3.05, 3.63) is 95.8 Å². The van der Waals surface area contributed by atoms with Gasteiger partial charge in [-0.25, -0.2) is 9.18 Å². The van der Waals surface area contributed by atoms with Crippen LogP contribution in [0.1, 0.15) is 36.6 Å². The van der Waals surface area contributed by atoms with Gasteiger partial charge in [0.1, 0.15) is 5.83 Å². The van der Waals surface area contributed by atoms with E-state index in [0.717, 1.165) is 11.1 Å². The summed E-state index contributed by atoms with van der Waals surface area (Å²) in [6, 6.07) is 19.6. The highest BCUT2D eigenvalue weighted by atomic mass is 19.1. The SMILES string of the molecule is CCNC(=O)NC(c1ccccc1)[C@H](c1ccccc1)N1CCN(C(=O)[C@H]2C=CC(F)=CC2)CC1. The summed E-state index contributed by atoms with van der Waals surface area (Å²) in [6.45, 7) is 4.95. The highest BCUT2D eigenvalue weighted by Gasteiger charge is 2.35. The fourth-order valence-electron chi connectivity index (χ4n) is 4.85. The summed E-state index contributed by atoms with van der Waals surface area (Å²) >= 11 is 0. The molecule has 1 aliphatic heterocycles. The lowest BCUT2D eigenvalue weighted by molar-refractivity contribution is -0.136. The molecule has 0 spiro atoms. The third-order valence-electron chi connectivity index (χ3n) is 6.63. The zero-order valence-corrected chi connectivity index (χ0v) is 20.1. The molecule has 3 amide bonds. The Morgan fingerprint density at radius 3 is 2.17 bits per heavy atom. The number of halogens is 1. The highest BCUT2D eigenvalue weighted by molar-refractivity contribution is 5.81. The lowest BCUT2D eigenvalue weighted by atomic mass is 9.91. The zero-order valence-electron chi connectivity index (χ0n) is 20.1. The molecule has 35 heavy (non-hydrogen) atoms. The van der Waals surface area contributed by atoms with Crippen molar-refractivity contribution in [1.82, 2.24) is 20.4 Å². The topological polar surface area (TPSA) is 64.7 Å². The summed E-state index contributed by atoms with van der Waals surface area (Å²) in [7, 11) is 0. The van der Waals surface area contributed by atoms with Crippen molar-refractivity contribution >= 4 is 11.9 Å². The maximum absolute atomic E-state index is 13.3. The van der Waals surface area contributed by atoms with Crippen LogP contribution in [0, 0.1) is 5.92 Å². The van der Waals surface area contributed by atoms with E-state index < -0.39 is 0 Å². The van der Waals surface area contributed by atoms with Gasteiger partial charge in [0.25, 0.3) is 0 Å². The number of urea groups is 1. The molecule has 184 valence electrons. The molecule has 3 atom stereocenters. The number of carbonyl (C=O) groups is 2. The molecule has 0 bridgehead atoms. The number of benzene rings is 2. The van der Waals surface area contributed by atoms with Crippen molar-refractivity contribution in [2.24, 2.45) is 5.92 Å². The number of nitrogens with zero attached hydrogens (tertiary/aromatic N) is 2. The molecule has 0 radical (unpaired) electrons. The summed E-state index contributed by atoms with van der Waals surface area (Å²) < 4.78 is 13.3. The van der Waals surface area contributed by atoms with Crippen molar-refractivity contribution in [1.29, 1.82) is 0 Å². The van der Waals surface area contributed by atoms with Gasteiger partial charge in [-0.2, -0.15) is 0 Å². The van der Waals surface area contributed by atoms with E-state index in [0.29, 0.717) is 39.1 Å². The lowest BCUT2D eigenvalue weighted by Crippen LogP contribution is -2.53. The first kappa shape index (κ1) is 24.7. The molecular weight excluding hydrogens is 443 g/mol. The normalized spacial score (nSPS) is 20.0. The first-order valence-electron chi connectivity index (χ1n) is 12.3. The van der Waals surface area contributed by atoms with Crippen LogP contribution >= 0.6 is 0 Å². The second-order valence-electron chi connectivity index (χ2n) is 8.90. The van der Waals surface area contributed by atoms with Crippen LogP contribution in [0.4, 0.5) is 9.18 Å². The van der Waals surface area contributed by atoms with E-state index in [-0.39, 0.29) is 35.8 Å². The molecule has 7 heteroatoms. The molecule has 1 fully saturated rings. The van der Waals surface area contributed by atoms with Gasteiger partial charge in [-0.1, -0.05) is 66.7 Å². The number of nitrogens with one attached hydrogen (secondary N) is 2. The van der Waals surface area contributed by atoms with E-state index in [4.69, 9.17) is 0 Å². The summed E-state index contributed by atoms with van der Waals surface area (Å²) in [5.74, 6) is -0.542. The van der Waals surface area contributed by atoms with Gasteiger partial charge >= 0.3 is 6.03 Å². The van der Waals surface area contributed by atoms with Gasteiger partial charge < -0.3 is 15.5 Å². The quantitative estimate of drug-likeness (QED) is 0.624. The molecule has 1 heterocycles. The van der Waals surface area contributed by atoms with Crippen LogP contribution in [0.2, 0.25) is 0 Å². The molecule has 4 rings (SSSR count). The maximum Gasteiger partial charge on any atom is 0.315 e. The minimum absolute atomic E-state index is 0.0426. The molecular formula is C28H33FN4O2. The van der Waals surface area contributed by atoms with Crippen molar-refractivity contribution in [3.8, 4) is 0 Å².